The number of nitrogens with one attached hydrogen (secondary N) is 1. The van der Waals surface area contributed by atoms with Gasteiger partial charge in [0.1, 0.15) is 11.0 Å². The number of hydrogen-bond donors (Lipinski definition) is 3. The molecule has 7 nitrogen and oxygen atoms in total. The first-order chi connectivity index (χ1) is 9.15. The van der Waals surface area contributed by atoms with Gasteiger partial charge < -0.3 is 20.2 Å². The number of anilines is 1. The van der Waals surface area contributed by atoms with E-state index in [1.165, 1.54) is 12.1 Å². The van der Waals surface area contributed by atoms with E-state index in [-0.39, 0.29) is 23.7 Å². The molecule has 1 atom stereocenters. The molecular formula is C11H15ClN4O3. The van der Waals surface area contributed by atoms with E-state index in [2.05, 4.69) is 10.4 Å². The summed E-state index contributed by atoms with van der Waals surface area (Å²) in [6.45, 7) is 1.05. The number of rotatable bonds is 3. The van der Waals surface area contributed by atoms with E-state index < -0.39 is 0 Å². The zero-order valence-electron chi connectivity index (χ0n) is 10.2. The van der Waals surface area contributed by atoms with Crippen LogP contribution in [0.4, 0.5) is 5.82 Å². The number of hydrogen-bond acceptors (Lipinski definition) is 6. The third-order valence-electron chi connectivity index (χ3n) is 2.89. The van der Waals surface area contributed by atoms with Crippen molar-refractivity contribution in [3.63, 3.8) is 0 Å². The Hall–Kier alpha value is -1.41. The number of carbonyl (C=O) groups excluding carboxylic acids is 1. The molecule has 1 saturated heterocycles. The van der Waals surface area contributed by atoms with Crippen molar-refractivity contribution in [1.29, 1.82) is 0 Å². The van der Waals surface area contributed by atoms with E-state index >= 15 is 0 Å². The second-order valence-corrected chi connectivity index (χ2v) is 4.51. The van der Waals surface area contributed by atoms with E-state index in [0.29, 0.717) is 31.1 Å². The topological polar surface area (TPSA) is 101 Å². The molecule has 0 saturated carbocycles. The van der Waals surface area contributed by atoms with E-state index in [1.54, 1.807) is 4.90 Å². The molecule has 0 radical (unpaired) electrons. The minimum atomic E-state index is -0.345. The molecule has 0 bridgehead atoms. The van der Waals surface area contributed by atoms with Crippen molar-refractivity contribution in [3.8, 4) is 0 Å². The van der Waals surface area contributed by atoms with Crippen LogP contribution >= 0.6 is 11.6 Å². The largest absolute Gasteiger partial charge is 0.394 e. The summed E-state index contributed by atoms with van der Waals surface area (Å²) in [7, 11) is 0. The van der Waals surface area contributed by atoms with Crippen LogP contribution in [0.25, 0.3) is 0 Å². The van der Waals surface area contributed by atoms with Crippen LogP contribution in [0.3, 0.4) is 0 Å². The van der Waals surface area contributed by atoms with Crippen molar-refractivity contribution in [2.75, 3.05) is 31.8 Å². The molecule has 1 fully saturated rings. The van der Waals surface area contributed by atoms with Gasteiger partial charge in [-0.15, -0.1) is 0 Å². The van der Waals surface area contributed by atoms with Crippen LogP contribution in [-0.2, 0) is 4.74 Å². The number of halogens is 1. The third-order valence-corrected chi connectivity index (χ3v) is 3.08. The van der Waals surface area contributed by atoms with Gasteiger partial charge in [0.05, 0.1) is 25.9 Å². The average Bonchev–Trinajstić information content (AvgIpc) is 2.45. The molecular weight excluding hydrogens is 272 g/mol. The highest BCUT2D eigenvalue weighted by Crippen LogP contribution is 2.18. The Bertz CT molecular complexity index is 471. The number of ether oxygens (including phenoxy) is 1. The van der Waals surface area contributed by atoms with E-state index in [1.807, 2.05) is 0 Å². The molecule has 19 heavy (non-hydrogen) atoms. The second kappa shape index (κ2) is 6.16. The van der Waals surface area contributed by atoms with Crippen molar-refractivity contribution < 1.29 is 14.6 Å². The van der Waals surface area contributed by atoms with Crippen LogP contribution in [0.1, 0.15) is 10.4 Å². The lowest BCUT2D eigenvalue weighted by molar-refractivity contribution is -0.0183. The SMILES string of the molecule is NNc1cc(C(=O)N2CCOCC2CO)cc(Cl)n1. The number of amides is 1. The predicted octanol–water partition coefficient (Wildman–Crippen LogP) is -0.146. The number of aromatic nitrogens is 1. The summed E-state index contributed by atoms with van der Waals surface area (Å²) >= 11 is 5.83. The minimum absolute atomic E-state index is 0.146. The zero-order chi connectivity index (χ0) is 13.8. The van der Waals surface area contributed by atoms with Gasteiger partial charge in [0, 0.05) is 12.1 Å². The summed E-state index contributed by atoms with van der Waals surface area (Å²) in [4.78, 5) is 17.9. The molecule has 2 heterocycles. The summed E-state index contributed by atoms with van der Waals surface area (Å²) in [6, 6.07) is 2.63. The van der Waals surface area contributed by atoms with Crippen molar-refractivity contribution in [1.82, 2.24) is 9.88 Å². The second-order valence-electron chi connectivity index (χ2n) is 4.12. The molecule has 4 N–H and O–H groups in total. The summed E-state index contributed by atoms with van der Waals surface area (Å²) in [5.74, 6) is 5.34. The number of nitrogens with two attached hydrogens (primary N) is 1. The molecule has 1 aromatic rings. The van der Waals surface area contributed by atoms with Crippen LogP contribution in [0.15, 0.2) is 12.1 Å². The van der Waals surface area contributed by atoms with Crippen molar-refractivity contribution >= 4 is 23.3 Å². The summed E-state index contributed by atoms with van der Waals surface area (Å²) < 4.78 is 5.23. The molecule has 1 amide bonds. The van der Waals surface area contributed by atoms with Crippen molar-refractivity contribution in [2.24, 2.45) is 5.84 Å². The number of hydrazine groups is 1. The van der Waals surface area contributed by atoms with E-state index in [0.717, 1.165) is 0 Å². The Morgan fingerprint density at radius 2 is 2.47 bits per heavy atom. The molecule has 0 aromatic carbocycles. The van der Waals surface area contributed by atoms with Gasteiger partial charge in [0.15, 0.2) is 0 Å². The van der Waals surface area contributed by atoms with Gasteiger partial charge >= 0.3 is 0 Å². The van der Waals surface area contributed by atoms with Gasteiger partial charge in [-0.3, -0.25) is 4.79 Å². The maximum Gasteiger partial charge on any atom is 0.254 e. The maximum absolute atomic E-state index is 12.4. The lowest BCUT2D eigenvalue weighted by atomic mass is 10.1. The molecule has 1 aliphatic rings. The lowest BCUT2D eigenvalue weighted by Crippen LogP contribution is -2.50. The van der Waals surface area contributed by atoms with Gasteiger partial charge in [-0.05, 0) is 12.1 Å². The van der Waals surface area contributed by atoms with Crippen LogP contribution in [-0.4, -0.2) is 53.3 Å². The number of nitrogens with zero attached hydrogens (tertiary/aromatic N) is 2. The van der Waals surface area contributed by atoms with Crippen LogP contribution < -0.4 is 11.3 Å². The summed E-state index contributed by atoms with van der Waals surface area (Å²) in [5.41, 5.74) is 2.72. The summed E-state index contributed by atoms with van der Waals surface area (Å²) in [6.07, 6.45) is 0. The highest BCUT2D eigenvalue weighted by molar-refractivity contribution is 6.29. The van der Waals surface area contributed by atoms with Gasteiger partial charge in [-0.25, -0.2) is 10.8 Å². The van der Waals surface area contributed by atoms with Crippen LogP contribution in [0.5, 0.6) is 0 Å². The number of pyridine rings is 1. The summed E-state index contributed by atoms with van der Waals surface area (Å²) in [5, 5.41) is 9.44. The first-order valence-electron chi connectivity index (χ1n) is 5.79. The number of aliphatic hydroxyl groups is 1. The average molecular weight is 287 g/mol. The fourth-order valence-electron chi connectivity index (χ4n) is 1.93. The van der Waals surface area contributed by atoms with Crippen molar-refractivity contribution in [2.45, 2.75) is 6.04 Å². The Labute approximate surface area is 115 Å². The first kappa shape index (κ1) is 14.0. The fraction of sp³-hybridized carbons (Fsp3) is 0.455. The predicted molar refractivity (Wildman–Crippen MR) is 69.8 cm³/mol. The molecule has 1 aliphatic heterocycles. The Balaban J connectivity index is 2.24. The van der Waals surface area contributed by atoms with Crippen LogP contribution in [0, 0.1) is 0 Å². The molecule has 1 unspecified atom stereocenters. The van der Waals surface area contributed by atoms with E-state index in [9.17, 15) is 9.90 Å². The lowest BCUT2D eigenvalue weighted by Gasteiger charge is -2.34. The standard InChI is InChI=1S/C11H15ClN4O3/c12-9-3-7(4-10(14-9)15-13)11(18)16-1-2-19-6-8(16)5-17/h3-4,8,17H,1-2,5-6,13H2,(H,14,15). The highest BCUT2D eigenvalue weighted by Gasteiger charge is 2.28. The van der Waals surface area contributed by atoms with E-state index in [4.69, 9.17) is 22.2 Å². The number of carbonyl (C=O) groups is 1. The monoisotopic (exact) mass is 286 g/mol. The molecule has 8 heteroatoms. The van der Waals surface area contributed by atoms with Gasteiger partial charge in [-0.1, -0.05) is 11.6 Å². The van der Waals surface area contributed by atoms with Gasteiger partial charge in [0.2, 0.25) is 0 Å². The Kier molecular flexibility index (Phi) is 4.54. The normalized spacial score (nSPS) is 19.3. The first-order valence-corrected chi connectivity index (χ1v) is 6.17. The fourth-order valence-corrected chi connectivity index (χ4v) is 2.14. The third kappa shape index (κ3) is 3.13. The number of nitrogen functional groups attached to an aromatic ring is 1. The molecule has 0 aliphatic carbocycles. The molecule has 104 valence electrons. The smallest absolute Gasteiger partial charge is 0.254 e. The zero-order valence-corrected chi connectivity index (χ0v) is 10.9. The molecule has 2 rings (SSSR count). The Morgan fingerprint density at radius 3 is 3.16 bits per heavy atom. The van der Waals surface area contributed by atoms with Crippen molar-refractivity contribution in [3.05, 3.63) is 22.8 Å². The Morgan fingerprint density at radius 1 is 1.68 bits per heavy atom. The van der Waals surface area contributed by atoms with Gasteiger partial charge in [0.25, 0.3) is 5.91 Å². The quantitative estimate of drug-likeness (QED) is 0.406. The number of aliphatic hydroxyl groups excluding tert-OH is 1. The van der Waals surface area contributed by atoms with Crippen LogP contribution in [0.2, 0.25) is 5.15 Å². The number of morpholine rings is 1. The molecule has 1 aromatic heterocycles. The molecule has 0 spiro atoms. The highest BCUT2D eigenvalue weighted by atomic mass is 35.5. The maximum atomic E-state index is 12.4. The van der Waals surface area contributed by atoms with Gasteiger partial charge in [-0.2, -0.15) is 0 Å². The minimum Gasteiger partial charge on any atom is -0.394 e.